The van der Waals surface area contributed by atoms with Gasteiger partial charge in [-0.3, -0.25) is 0 Å². The lowest BCUT2D eigenvalue weighted by molar-refractivity contribution is 0.472. The zero-order valence-electron chi connectivity index (χ0n) is 11.1. The molecule has 0 aromatic carbocycles. The van der Waals surface area contributed by atoms with Gasteiger partial charge in [0.15, 0.2) is 0 Å². The molecule has 1 rings (SSSR count). The van der Waals surface area contributed by atoms with E-state index >= 15 is 0 Å². The quantitative estimate of drug-likeness (QED) is 0.783. The molecule has 0 spiro atoms. The summed E-state index contributed by atoms with van der Waals surface area (Å²) in [5, 5.41) is 3.44. The van der Waals surface area contributed by atoms with E-state index in [-0.39, 0.29) is 0 Å². The van der Waals surface area contributed by atoms with Gasteiger partial charge < -0.3 is 5.32 Å². The molecule has 0 amide bonds. The maximum absolute atomic E-state index is 4.50. The molecule has 0 saturated carbocycles. The van der Waals surface area contributed by atoms with E-state index in [0.29, 0.717) is 0 Å². The molecule has 1 heterocycles. The number of unbranched alkanes of at least 4 members (excludes halogenated alkanes) is 1. The summed E-state index contributed by atoms with van der Waals surface area (Å²) in [6.07, 6.45) is 5.16. The van der Waals surface area contributed by atoms with Crippen LogP contribution in [0.2, 0.25) is 0 Å². The van der Waals surface area contributed by atoms with E-state index in [0.717, 1.165) is 28.4 Å². The first-order chi connectivity index (χ1) is 8.17. The highest BCUT2D eigenvalue weighted by atomic mass is 79.9. The van der Waals surface area contributed by atoms with Crippen LogP contribution in [0, 0.1) is 12.8 Å². The van der Waals surface area contributed by atoms with Crippen molar-refractivity contribution in [2.45, 2.75) is 46.5 Å². The molecule has 17 heavy (non-hydrogen) atoms. The van der Waals surface area contributed by atoms with E-state index in [2.05, 4.69) is 46.1 Å². The molecule has 1 atom stereocenters. The van der Waals surface area contributed by atoms with Crippen LogP contribution in [0.25, 0.3) is 0 Å². The van der Waals surface area contributed by atoms with Gasteiger partial charge >= 0.3 is 0 Å². The summed E-state index contributed by atoms with van der Waals surface area (Å²) >= 11 is 3.47. The number of aromatic nitrogens is 1. The predicted molar refractivity (Wildman–Crippen MR) is 78.5 cm³/mol. The van der Waals surface area contributed by atoms with Gasteiger partial charge in [-0.25, -0.2) is 4.98 Å². The second kappa shape index (κ2) is 7.70. The highest BCUT2D eigenvalue weighted by Crippen LogP contribution is 2.18. The lowest BCUT2D eigenvalue weighted by atomic mass is 9.99. The summed E-state index contributed by atoms with van der Waals surface area (Å²) in [5.41, 5.74) is 1.04. The number of halogens is 1. The smallest absolute Gasteiger partial charge is 0.126 e. The van der Waals surface area contributed by atoms with Crippen LogP contribution in [0.3, 0.4) is 0 Å². The van der Waals surface area contributed by atoms with E-state index in [4.69, 9.17) is 0 Å². The average molecular weight is 299 g/mol. The summed E-state index contributed by atoms with van der Waals surface area (Å²) in [6, 6.07) is 4.08. The molecule has 3 heteroatoms. The summed E-state index contributed by atoms with van der Waals surface area (Å²) in [4.78, 5) is 4.50. The molecule has 1 aromatic rings. The lowest BCUT2D eigenvalue weighted by Gasteiger charge is -2.16. The van der Waals surface area contributed by atoms with Crippen LogP contribution in [0.4, 0.5) is 5.82 Å². The fourth-order valence-electron chi connectivity index (χ4n) is 1.83. The van der Waals surface area contributed by atoms with Gasteiger partial charge in [-0.15, -0.1) is 0 Å². The van der Waals surface area contributed by atoms with Crippen LogP contribution in [-0.4, -0.2) is 11.5 Å². The molecule has 0 aliphatic rings. The SMILES string of the molecule is CCCCC(CC)CNc1ccc(Br)c(C)n1. The topological polar surface area (TPSA) is 24.9 Å². The number of nitrogens with one attached hydrogen (secondary N) is 1. The first-order valence-electron chi connectivity index (χ1n) is 6.54. The van der Waals surface area contributed by atoms with Crippen LogP contribution in [0.15, 0.2) is 16.6 Å². The first-order valence-corrected chi connectivity index (χ1v) is 7.33. The molecule has 2 nitrogen and oxygen atoms in total. The number of pyridine rings is 1. The number of aryl methyl sites for hydroxylation is 1. The van der Waals surface area contributed by atoms with E-state index < -0.39 is 0 Å². The van der Waals surface area contributed by atoms with Crippen molar-refractivity contribution in [1.82, 2.24) is 4.98 Å². The monoisotopic (exact) mass is 298 g/mol. The van der Waals surface area contributed by atoms with Gasteiger partial charge in [0, 0.05) is 11.0 Å². The Balaban J connectivity index is 2.45. The molecule has 0 bridgehead atoms. The van der Waals surface area contributed by atoms with Crippen LogP contribution < -0.4 is 5.32 Å². The summed E-state index contributed by atoms with van der Waals surface area (Å²) in [5.74, 6) is 1.75. The molecule has 96 valence electrons. The molecule has 0 aliphatic carbocycles. The summed E-state index contributed by atoms with van der Waals surface area (Å²) < 4.78 is 1.07. The second-order valence-electron chi connectivity index (χ2n) is 4.56. The van der Waals surface area contributed by atoms with Gasteiger partial charge in [0.1, 0.15) is 5.82 Å². The minimum Gasteiger partial charge on any atom is -0.370 e. The molecule has 1 unspecified atom stereocenters. The third-order valence-electron chi connectivity index (χ3n) is 3.14. The Morgan fingerprint density at radius 1 is 1.35 bits per heavy atom. The lowest BCUT2D eigenvalue weighted by Crippen LogP contribution is -2.14. The van der Waals surface area contributed by atoms with E-state index in [1.54, 1.807) is 0 Å². The fraction of sp³-hybridized carbons (Fsp3) is 0.643. The zero-order chi connectivity index (χ0) is 12.7. The maximum atomic E-state index is 4.50. The van der Waals surface area contributed by atoms with Gasteiger partial charge in [-0.2, -0.15) is 0 Å². The Morgan fingerprint density at radius 3 is 2.71 bits per heavy atom. The van der Waals surface area contributed by atoms with Crippen LogP contribution >= 0.6 is 15.9 Å². The molecule has 0 fully saturated rings. The zero-order valence-corrected chi connectivity index (χ0v) is 12.7. The highest BCUT2D eigenvalue weighted by molar-refractivity contribution is 9.10. The highest BCUT2D eigenvalue weighted by Gasteiger charge is 2.06. The molecular weight excluding hydrogens is 276 g/mol. The first kappa shape index (κ1) is 14.5. The summed E-state index contributed by atoms with van der Waals surface area (Å²) in [6.45, 7) is 7.57. The van der Waals surface area contributed by atoms with Crippen molar-refractivity contribution in [3.8, 4) is 0 Å². The number of nitrogens with zero attached hydrogens (tertiary/aromatic N) is 1. The van der Waals surface area contributed by atoms with Crippen molar-refractivity contribution in [3.63, 3.8) is 0 Å². The molecule has 1 aromatic heterocycles. The van der Waals surface area contributed by atoms with E-state index in [9.17, 15) is 0 Å². The summed E-state index contributed by atoms with van der Waals surface area (Å²) in [7, 11) is 0. The Labute approximate surface area is 113 Å². The number of anilines is 1. The van der Waals surface area contributed by atoms with Crippen LogP contribution in [0.5, 0.6) is 0 Å². The fourth-order valence-corrected chi connectivity index (χ4v) is 2.06. The van der Waals surface area contributed by atoms with Gasteiger partial charge in [0.05, 0.1) is 5.69 Å². The minimum atomic E-state index is 0.765. The largest absolute Gasteiger partial charge is 0.370 e. The Bertz CT molecular complexity index is 339. The van der Waals surface area contributed by atoms with Crippen molar-refractivity contribution in [1.29, 1.82) is 0 Å². The normalized spacial score (nSPS) is 12.5. The van der Waals surface area contributed by atoms with Crippen molar-refractivity contribution in [3.05, 3.63) is 22.3 Å². The third-order valence-corrected chi connectivity index (χ3v) is 3.97. The van der Waals surface area contributed by atoms with Gasteiger partial charge in [0.2, 0.25) is 0 Å². The maximum Gasteiger partial charge on any atom is 0.126 e. The van der Waals surface area contributed by atoms with Crippen molar-refractivity contribution in [2.75, 3.05) is 11.9 Å². The third kappa shape index (κ3) is 5.07. The Hall–Kier alpha value is -0.570. The number of hydrogen-bond acceptors (Lipinski definition) is 2. The minimum absolute atomic E-state index is 0.765. The van der Waals surface area contributed by atoms with Crippen molar-refractivity contribution >= 4 is 21.7 Å². The number of rotatable bonds is 7. The van der Waals surface area contributed by atoms with Crippen molar-refractivity contribution in [2.24, 2.45) is 5.92 Å². The van der Waals surface area contributed by atoms with Crippen LogP contribution in [0.1, 0.15) is 45.2 Å². The number of hydrogen-bond donors (Lipinski definition) is 1. The molecule has 0 saturated heterocycles. The van der Waals surface area contributed by atoms with Crippen molar-refractivity contribution < 1.29 is 0 Å². The Morgan fingerprint density at radius 2 is 2.12 bits per heavy atom. The van der Waals surface area contributed by atoms with E-state index in [1.165, 1.54) is 25.7 Å². The van der Waals surface area contributed by atoms with E-state index in [1.807, 2.05) is 13.0 Å². The standard InChI is InChI=1S/C14H23BrN2/c1-4-6-7-12(5-2)10-16-14-9-8-13(15)11(3)17-14/h8-9,12H,4-7,10H2,1-3H3,(H,16,17). The van der Waals surface area contributed by atoms with Crippen LogP contribution in [-0.2, 0) is 0 Å². The van der Waals surface area contributed by atoms with Gasteiger partial charge in [-0.05, 0) is 47.3 Å². The molecule has 0 aliphatic heterocycles. The average Bonchev–Trinajstić information content (AvgIpc) is 2.34. The Kier molecular flexibility index (Phi) is 6.56. The van der Waals surface area contributed by atoms with Gasteiger partial charge in [-0.1, -0.05) is 33.1 Å². The molecular formula is C14H23BrN2. The second-order valence-corrected chi connectivity index (χ2v) is 5.42. The van der Waals surface area contributed by atoms with Gasteiger partial charge in [0.25, 0.3) is 0 Å². The molecule has 0 radical (unpaired) electrons. The predicted octanol–water partition coefficient (Wildman–Crippen LogP) is 4.78. The molecule has 1 N–H and O–H groups in total.